The molecule has 6 aliphatic heterocycles. The Balaban J connectivity index is 1.02. The number of carbonyl (C=O) groups excluding carboxylic acids is 6. The van der Waals surface area contributed by atoms with Crippen molar-refractivity contribution in [2.24, 2.45) is 17.3 Å². The molecule has 12 atom stereocenters. The third kappa shape index (κ3) is 8.89. The van der Waals surface area contributed by atoms with Gasteiger partial charge in [-0.05, 0) is 86.2 Å². The van der Waals surface area contributed by atoms with Crippen LogP contribution in [-0.4, -0.2) is 157 Å². The summed E-state index contributed by atoms with van der Waals surface area (Å²) >= 11 is 0. The molecule has 2 bridgehead atoms. The van der Waals surface area contributed by atoms with Gasteiger partial charge in [0.1, 0.15) is 36.4 Å². The first-order chi connectivity index (χ1) is 39.8. The molecule has 3 fully saturated rings. The molecule has 1 saturated carbocycles. The fourth-order valence-electron chi connectivity index (χ4n) is 16.9. The molecular weight excluding hydrogens is 1060 g/mol. The number of ether oxygens (including phenoxy) is 5. The maximum atomic E-state index is 15.9. The van der Waals surface area contributed by atoms with Gasteiger partial charge in [-0.1, -0.05) is 94.8 Å². The number of amides is 2. The molecule has 18 nitrogen and oxygen atoms in total. The Labute approximate surface area is 486 Å². The molecule has 3 unspecified atom stereocenters. The van der Waals surface area contributed by atoms with E-state index in [1.54, 1.807) is 12.0 Å². The summed E-state index contributed by atoms with van der Waals surface area (Å²) in [7, 11) is 6.09. The second kappa shape index (κ2) is 21.9. The quantitative estimate of drug-likeness (QED) is 0.0453. The second-order valence-electron chi connectivity index (χ2n) is 24.7. The number of esters is 4. The second-order valence-corrected chi connectivity index (χ2v) is 24.7. The molecule has 2 saturated heterocycles. The van der Waals surface area contributed by atoms with Crippen molar-refractivity contribution in [3.8, 4) is 5.75 Å². The summed E-state index contributed by atoms with van der Waals surface area (Å²) in [6.07, 6.45) is 9.21. The number of allylic oxidation sites excluding steroid dienone is 1. The van der Waals surface area contributed by atoms with Gasteiger partial charge >= 0.3 is 23.9 Å². The molecule has 83 heavy (non-hydrogen) atoms. The zero-order chi connectivity index (χ0) is 59.0. The largest absolute Gasteiger partial charge is 0.496 e. The summed E-state index contributed by atoms with van der Waals surface area (Å²) in [5, 5.41) is 17.5. The highest BCUT2D eigenvalue weighted by atomic mass is 16.6. The number of methoxy groups -OCH3 is 3. The van der Waals surface area contributed by atoms with E-state index in [1.165, 1.54) is 21.1 Å². The maximum Gasteiger partial charge on any atom is 0.344 e. The van der Waals surface area contributed by atoms with Crippen LogP contribution in [-0.2, 0) is 71.7 Å². The number of quaternary nitrogens is 1. The Morgan fingerprint density at radius 2 is 1.67 bits per heavy atom. The zero-order valence-electron chi connectivity index (χ0n) is 49.5. The minimum atomic E-state index is -2.37. The molecule has 7 aliphatic rings. The van der Waals surface area contributed by atoms with E-state index in [-0.39, 0.29) is 53.7 Å². The number of hydrogen-bond donors (Lipinski definition) is 3. The lowest BCUT2D eigenvalue weighted by Crippen LogP contribution is -2.81. The molecule has 3 N–H and O–H groups in total. The van der Waals surface area contributed by atoms with E-state index in [9.17, 15) is 24.3 Å². The van der Waals surface area contributed by atoms with E-state index >= 15 is 9.59 Å². The molecule has 4 aromatic rings. The Kier molecular flexibility index (Phi) is 15.2. The van der Waals surface area contributed by atoms with Crippen molar-refractivity contribution in [1.29, 1.82) is 0 Å². The van der Waals surface area contributed by atoms with Gasteiger partial charge in [-0.3, -0.25) is 28.6 Å². The molecule has 11 rings (SSSR count). The summed E-state index contributed by atoms with van der Waals surface area (Å²) in [6.45, 7) is 11.8. The fourth-order valence-corrected chi connectivity index (χ4v) is 16.9. The lowest BCUT2D eigenvalue weighted by Gasteiger charge is -2.63. The van der Waals surface area contributed by atoms with Crippen molar-refractivity contribution >= 4 is 52.3 Å². The average molecular weight is 1140 g/mol. The minimum absolute atomic E-state index is 0.0449. The van der Waals surface area contributed by atoms with Crippen molar-refractivity contribution in [1.82, 2.24) is 20.1 Å². The Bertz CT molecular complexity index is 3310. The summed E-state index contributed by atoms with van der Waals surface area (Å²) in [4.78, 5) is 97.1. The van der Waals surface area contributed by atoms with Gasteiger partial charge in [0.15, 0.2) is 12.6 Å². The molecule has 442 valence electrons. The lowest BCUT2D eigenvalue weighted by atomic mass is 9.47. The molecule has 7 heterocycles. The number of likely N-dealkylation sites (tertiary alicyclic amines) is 1. The van der Waals surface area contributed by atoms with Crippen LogP contribution in [0.1, 0.15) is 114 Å². The average Bonchev–Trinajstić information content (AvgIpc) is 1.57. The van der Waals surface area contributed by atoms with Gasteiger partial charge < -0.3 is 48.9 Å². The summed E-state index contributed by atoms with van der Waals surface area (Å²) in [5.41, 5.74) is 0.335. The predicted octanol–water partition coefficient (Wildman–Crippen LogP) is 6.88. The van der Waals surface area contributed by atoms with Crippen LogP contribution in [0.5, 0.6) is 5.75 Å². The number of anilines is 1. The number of nitrogens with one attached hydrogen (secondary N) is 2. The number of likely N-dealkylation sites (N-methyl/N-ethyl adjacent to an activating group) is 1. The smallest absolute Gasteiger partial charge is 0.344 e. The highest BCUT2D eigenvalue weighted by molar-refractivity contribution is 5.95. The number of carbonyl (C=O) groups is 6. The number of aromatic amines is 1. The van der Waals surface area contributed by atoms with Gasteiger partial charge in [0, 0.05) is 89.3 Å². The highest BCUT2D eigenvalue weighted by Crippen LogP contribution is 2.68. The van der Waals surface area contributed by atoms with Crippen molar-refractivity contribution in [2.75, 3.05) is 66.0 Å². The van der Waals surface area contributed by atoms with Crippen molar-refractivity contribution in [3.05, 3.63) is 119 Å². The molecule has 18 heteroatoms. The van der Waals surface area contributed by atoms with E-state index in [2.05, 4.69) is 34.4 Å². The number of benzene rings is 3. The number of aliphatic hydroxyl groups is 1. The van der Waals surface area contributed by atoms with Crippen molar-refractivity contribution in [2.45, 2.75) is 146 Å². The molecule has 0 radical (unpaired) electrons. The maximum absolute atomic E-state index is 15.9. The monoisotopic (exact) mass is 1140 g/mol. The number of hydrogen-bond acceptors (Lipinski definition) is 14. The van der Waals surface area contributed by atoms with Crippen molar-refractivity contribution in [3.63, 3.8) is 0 Å². The van der Waals surface area contributed by atoms with Crippen LogP contribution in [0.3, 0.4) is 0 Å². The predicted molar refractivity (Wildman–Crippen MR) is 309 cm³/mol. The molecule has 1 aliphatic carbocycles. The number of aromatic nitrogens is 1. The van der Waals surface area contributed by atoms with Crippen LogP contribution in [0.2, 0.25) is 0 Å². The Hall–Kier alpha value is -7.02. The van der Waals surface area contributed by atoms with Crippen molar-refractivity contribution < 1.29 is 62.0 Å². The van der Waals surface area contributed by atoms with Crippen LogP contribution >= 0.6 is 0 Å². The summed E-state index contributed by atoms with van der Waals surface area (Å²) < 4.78 is 30.4. The first kappa shape index (κ1) is 57.8. The topological polar surface area (TPSA) is 206 Å². The van der Waals surface area contributed by atoms with E-state index in [4.69, 9.17) is 23.7 Å². The van der Waals surface area contributed by atoms with E-state index in [0.717, 1.165) is 33.2 Å². The first-order valence-electron chi connectivity index (χ1n) is 29.8. The summed E-state index contributed by atoms with van der Waals surface area (Å²) in [5.74, 6) is -3.16. The molecule has 1 spiro atoms. The van der Waals surface area contributed by atoms with E-state index in [0.29, 0.717) is 100 Å². The highest BCUT2D eigenvalue weighted by Gasteiger charge is 2.80. The van der Waals surface area contributed by atoms with Crippen LogP contribution in [0, 0.1) is 17.3 Å². The molecule has 3 aromatic carbocycles. The van der Waals surface area contributed by atoms with Gasteiger partial charge in [-0.2, -0.15) is 0 Å². The van der Waals surface area contributed by atoms with Crippen LogP contribution in [0.25, 0.3) is 10.9 Å². The SMILES string of the molecule is CCC1=C[N+]2(CC(=O)N3CCC[C@H]3C(=O)N[C@H](C(=O)OCc3ccccc3)[C@@H](C)CC)Cc3c([nH]c4ccccc34)[C@@](C(=O)OC)(c3cc4c(cc3OC)N(C)C3[C@]45CCN4CC=C[C@@](CC)([C@@H](OC(C)=O)[C@]3(O)C(=O)OC)[C@H]45)CC(C1)C2. The third-order valence-electron chi connectivity index (χ3n) is 20.4. The summed E-state index contributed by atoms with van der Waals surface area (Å²) in [6, 6.07) is 18.3. The lowest BCUT2D eigenvalue weighted by molar-refractivity contribution is -0.891. The van der Waals surface area contributed by atoms with Crippen LogP contribution in [0.15, 0.2) is 90.7 Å². The third-order valence-corrected chi connectivity index (χ3v) is 20.4. The fraction of sp³-hybridized carbons (Fsp3) is 0.538. The molecule has 2 amide bonds. The molecule has 1 aromatic heterocycles. The van der Waals surface area contributed by atoms with Gasteiger partial charge in [-0.25, -0.2) is 9.59 Å². The number of para-hydroxylation sites is 1. The Morgan fingerprint density at radius 1 is 0.928 bits per heavy atom. The van der Waals surface area contributed by atoms with Gasteiger partial charge in [-0.15, -0.1) is 0 Å². The van der Waals surface area contributed by atoms with Crippen LogP contribution in [0.4, 0.5) is 5.69 Å². The zero-order valence-corrected chi connectivity index (χ0v) is 49.5. The van der Waals surface area contributed by atoms with Gasteiger partial charge in [0.25, 0.3) is 5.91 Å². The van der Waals surface area contributed by atoms with Gasteiger partial charge in [0.05, 0.1) is 40.1 Å². The Morgan fingerprint density at radius 3 is 2.37 bits per heavy atom. The van der Waals surface area contributed by atoms with Crippen LogP contribution < -0.4 is 15.0 Å². The number of rotatable bonds is 16. The number of nitrogens with zero attached hydrogens (tertiary/aromatic N) is 4. The van der Waals surface area contributed by atoms with E-state index in [1.807, 2.05) is 106 Å². The van der Waals surface area contributed by atoms with E-state index < -0.39 is 70.0 Å². The minimum Gasteiger partial charge on any atom is -0.496 e. The number of fused-ring (bicyclic) bond motifs is 6. The molecular formula is C65H81N6O12+. The number of H-pyrrole nitrogens is 1. The first-order valence-corrected chi connectivity index (χ1v) is 29.8. The van der Waals surface area contributed by atoms with Gasteiger partial charge in [0.2, 0.25) is 11.5 Å². The standard InChI is InChI=1S/C65H80N6O12/c1-10-39(4)53(56(75)82-38-42-20-14-13-15-21-42)67-55(74)49-24-18-28-70(49)52(73)37-71-34-41(11-2)30-43(35-71)33-64(60(76)80-8,54-45(36-71)44-22-16-17-23-48(44)66-54)47-31-46-50(32-51(47)79-7)68(6)58-63(46)26-29-69-27-19-25-62(12-3,57(63)69)59(83-40(5)72)65(58,78)61(77)81-9/h13-17,19-23,25,31-32,34,39,43,49,53,57-59,66,78H,10-12,18,24,26-30,33,35-38H2,1-9H3/p+1/t39-,43?,49-,53-,57-,58?,59+,62+,63+,64-,65-,71?/m0/s1. The normalized spacial score (nSPS) is 31.0.